The molecule has 0 aliphatic carbocycles. The number of ketones is 1. The van der Waals surface area contributed by atoms with Crippen LogP contribution in [0.15, 0.2) is 30.0 Å². The monoisotopic (exact) mass is 357 g/mol. The molecule has 6 heteroatoms. The largest absolute Gasteiger partial charge is 0.497 e. The molecule has 0 amide bonds. The first kappa shape index (κ1) is 21.1. The highest BCUT2D eigenvalue weighted by molar-refractivity contribution is 6.02. The minimum absolute atomic E-state index is 0.292. The lowest BCUT2D eigenvalue weighted by Gasteiger charge is -2.27. The van der Waals surface area contributed by atoms with Crippen LogP contribution in [-0.2, 0) is 4.79 Å². The van der Waals surface area contributed by atoms with Crippen molar-refractivity contribution in [3.05, 3.63) is 35.5 Å². The molecule has 1 rings (SSSR count). The Balaban J connectivity index is 3.23. The van der Waals surface area contributed by atoms with Gasteiger partial charge in [0.1, 0.15) is 5.75 Å². The van der Waals surface area contributed by atoms with E-state index >= 15 is 0 Å². The molecule has 1 aromatic carbocycles. The number of rotatable bonds is 10. The fourth-order valence-electron chi connectivity index (χ4n) is 2.35. The summed E-state index contributed by atoms with van der Waals surface area (Å²) in [6.45, 7) is 4.80. The van der Waals surface area contributed by atoms with Crippen molar-refractivity contribution in [1.29, 1.82) is 0 Å². The third-order valence-corrected chi connectivity index (χ3v) is 3.81. The third kappa shape index (κ3) is 6.80. The lowest BCUT2D eigenvalue weighted by Crippen LogP contribution is -2.36. The van der Waals surface area contributed by atoms with Crippen molar-refractivity contribution in [2.45, 2.75) is 45.7 Å². The predicted octanol–water partition coefficient (Wildman–Crippen LogP) is 5.07. The smallest absolute Gasteiger partial charge is 0.456 e. The molecule has 0 bridgehead atoms. The van der Waals surface area contributed by atoms with Gasteiger partial charge in [0.05, 0.1) is 12.8 Å². The Morgan fingerprint density at radius 2 is 1.60 bits per heavy atom. The summed E-state index contributed by atoms with van der Waals surface area (Å²) < 4.78 is 44.3. The van der Waals surface area contributed by atoms with E-state index in [1.165, 1.54) is 13.2 Å². The zero-order chi connectivity index (χ0) is 18.9. The Kier molecular flexibility index (Phi) is 8.52. The maximum atomic E-state index is 13.1. The summed E-state index contributed by atoms with van der Waals surface area (Å²) in [6, 6.07) is 6.59. The van der Waals surface area contributed by atoms with Gasteiger partial charge in [0.25, 0.3) is 5.78 Å². The number of halogens is 3. The number of carbonyl (C=O) groups is 1. The Morgan fingerprint density at radius 1 is 1.08 bits per heavy atom. The summed E-state index contributed by atoms with van der Waals surface area (Å²) in [7, 11) is 1.51. The minimum atomic E-state index is -4.89. The highest BCUT2D eigenvalue weighted by atomic mass is 19.4. The van der Waals surface area contributed by atoms with Gasteiger partial charge in [-0.15, -0.1) is 0 Å². The van der Waals surface area contributed by atoms with Gasteiger partial charge in [-0.25, -0.2) is 0 Å². The molecule has 0 aliphatic rings. The summed E-state index contributed by atoms with van der Waals surface area (Å²) >= 11 is 0. The van der Waals surface area contributed by atoms with Crippen LogP contribution in [0.25, 0.3) is 6.08 Å². The molecule has 0 saturated heterocycles. The van der Waals surface area contributed by atoms with Gasteiger partial charge in [0.2, 0.25) is 0 Å². The van der Waals surface area contributed by atoms with Gasteiger partial charge in [0.15, 0.2) is 0 Å². The fraction of sp³-hybridized carbons (Fsp3) is 0.526. The normalized spacial score (nSPS) is 12.2. The highest BCUT2D eigenvalue weighted by Crippen LogP contribution is 2.26. The maximum absolute atomic E-state index is 13.1. The van der Waals surface area contributed by atoms with Gasteiger partial charge in [-0.2, -0.15) is 13.2 Å². The van der Waals surface area contributed by atoms with Crippen molar-refractivity contribution >= 4 is 11.9 Å². The molecule has 0 aliphatic heterocycles. The first-order chi connectivity index (χ1) is 11.8. The topological polar surface area (TPSA) is 29.5 Å². The number of unbranched alkanes of at least 4 members (excludes halogenated alkanes) is 2. The van der Waals surface area contributed by atoms with E-state index in [0.717, 1.165) is 25.7 Å². The van der Waals surface area contributed by atoms with Crippen molar-refractivity contribution in [2.24, 2.45) is 0 Å². The molecular weight excluding hydrogens is 331 g/mol. The van der Waals surface area contributed by atoms with Crippen LogP contribution >= 0.6 is 0 Å². The summed E-state index contributed by atoms with van der Waals surface area (Å²) in [4.78, 5) is 13.6. The number of alkyl halides is 3. The van der Waals surface area contributed by atoms with E-state index in [1.54, 1.807) is 29.2 Å². The summed E-state index contributed by atoms with van der Waals surface area (Å²) in [5.74, 6) is -1.19. The van der Waals surface area contributed by atoms with Gasteiger partial charge in [-0.1, -0.05) is 38.8 Å². The van der Waals surface area contributed by atoms with Crippen molar-refractivity contribution in [1.82, 2.24) is 4.90 Å². The Hall–Kier alpha value is -1.98. The van der Waals surface area contributed by atoms with E-state index in [-0.39, 0.29) is 5.70 Å². The molecule has 0 radical (unpaired) electrons. The number of allylic oxidation sites excluding steroid dienone is 1. The van der Waals surface area contributed by atoms with Crippen molar-refractivity contribution in [2.75, 3.05) is 20.2 Å². The zero-order valence-electron chi connectivity index (χ0n) is 15.0. The number of hydrogen-bond acceptors (Lipinski definition) is 3. The van der Waals surface area contributed by atoms with Gasteiger partial charge in [-0.05, 0) is 36.6 Å². The number of methoxy groups -OCH3 is 1. The molecule has 1 aromatic rings. The number of Topliss-reactive ketones (excluding diaryl/α,β-unsaturated/α-hetero) is 1. The standard InChI is InChI=1S/C19H26F3NO2/c1-4-6-12-23(13-7-5-2)17(18(24)19(20,21)22)14-15-8-10-16(25-3)11-9-15/h8-11,14H,4-7,12-13H2,1-3H3/b17-14+. The van der Waals surface area contributed by atoms with Crippen LogP contribution < -0.4 is 4.74 Å². The number of benzene rings is 1. The highest BCUT2D eigenvalue weighted by Gasteiger charge is 2.42. The van der Waals surface area contributed by atoms with Crippen LogP contribution in [-0.4, -0.2) is 37.1 Å². The van der Waals surface area contributed by atoms with Gasteiger partial charge >= 0.3 is 6.18 Å². The van der Waals surface area contributed by atoms with E-state index in [4.69, 9.17) is 4.74 Å². The van der Waals surface area contributed by atoms with Crippen molar-refractivity contribution in [3.8, 4) is 5.75 Å². The summed E-state index contributed by atoms with van der Waals surface area (Å²) in [5, 5.41) is 0. The average Bonchev–Trinajstić information content (AvgIpc) is 2.59. The lowest BCUT2D eigenvalue weighted by molar-refractivity contribution is -0.168. The van der Waals surface area contributed by atoms with Crippen LogP contribution in [0.2, 0.25) is 0 Å². The second-order valence-corrected chi connectivity index (χ2v) is 5.82. The van der Waals surface area contributed by atoms with Crippen LogP contribution in [0, 0.1) is 0 Å². The van der Waals surface area contributed by atoms with E-state index in [0.29, 0.717) is 24.4 Å². The molecule has 140 valence electrons. The van der Waals surface area contributed by atoms with Crippen molar-refractivity contribution in [3.63, 3.8) is 0 Å². The number of nitrogens with zero attached hydrogens (tertiary/aromatic N) is 1. The average molecular weight is 357 g/mol. The molecule has 0 N–H and O–H groups in total. The van der Waals surface area contributed by atoms with E-state index in [9.17, 15) is 18.0 Å². The van der Waals surface area contributed by atoms with Crippen LogP contribution in [0.3, 0.4) is 0 Å². The molecule has 0 unspecified atom stereocenters. The van der Waals surface area contributed by atoms with Gasteiger partial charge in [-0.3, -0.25) is 4.79 Å². The molecule has 0 spiro atoms. The Bertz CT molecular complexity index is 557. The van der Waals surface area contributed by atoms with Gasteiger partial charge in [0, 0.05) is 13.1 Å². The van der Waals surface area contributed by atoms with E-state index in [2.05, 4.69) is 0 Å². The molecule has 0 atom stereocenters. The van der Waals surface area contributed by atoms with Crippen LogP contribution in [0.4, 0.5) is 13.2 Å². The SMILES string of the molecule is CCCCN(CCCC)/C(=C/c1ccc(OC)cc1)C(=O)C(F)(F)F. The first-order valence-corrected chi connectivity index (χ1v) is 8.55. The molecule has 0 saturated carbocycles. The Morgan fingerprint density at radius 3 is 2.00 bits per heavy atom. The van der Waals surface area contributed by atoms with Crippen molar-refractivity contribution < 1.29 is 22.7 Å². The molecule has 25 heavy (non-hydrogen) atoms. The minimum Gasteiger partial charge on any atom is -0.497 e. The summed E-state index contributed by atoms with van der Waals surface area (Å²) in [6.07, 6.45) is -0.420. The zero-order valence-corrected chi connectivity index (χ0v) is 15.0. The quantitative estimate of drug-likeness (QED) is 0.548. The second kappa shape index (κ2) is 10.1. The van der Waals surface area contributed by atoms with Crippen LogP contribution in [0.1, 0.15) is 45.1 Å². The van der Waals surface area contributed by atoms with E-state index < -0.39 is 12.0 Å². The fourth-order valence-corrected chi connectivity index (χ4v) is 2.35. The van der Waals surface area contributed by atoms with E-state index in [1.807, 2.05) is 13.8 Å². The first-order valence-electron chi connectivity index (χ1n) is 8.55. The molecule has 0 fully saturated rings. The molecular formula is C19H26F3NO2. The predicted molar refractivity (Wildman–Crippen MR) is 93.4 cm³/mol. The lowest BCUT2D eigenvalue weighted by atomic mass is 10.1. The maximum Gasteiger partial charge on any atom is 0.456 e. The molecule has 0 aromatic heterocycles. The molecule has 3 nitrogen and oxygen atoms in total. The second-order valence-electron chi connectivity index (χ2n) is 5.82. The summed E-state index contributed by atoms with van der Waals surface area (Å²) in [5.41, 5.74) is 0.242. The van der Waals surface area contributed by atoms with Gasteiger partial charge < -0.3 is 9.64 Å². The Labute approximate surface area is 147 Å². The molecule has 0 heterocycles. The third-order valence-electron chi connectivity index (χ3n) is 3.81. The van der Waals surface area contributed by atoms with Crippen LogP contribution in [0.5, 0.6) is 5.75 Å². The number of hydrogen-bond donors (Lipinski definition) is 0. The number of ether oxygens (including phenoxy) is 1. The number of carbonyl (C=O) groups excluding carboxylic acids is 1.